The van der Waals surface area contributed by atoms with Crippen molar-refractivity contribution in [3.8, 4) is 6.07 Å². The first-order valence-electron chi connectivity index (χ1n) is 9.03. The molecule has 1 aliphatic rings. The lowest BCUT2D eigenvalue weighted by Crippen LogP contribution is -2.39. The summed E-state index contributed by atoms with van der Waals surface area (Å²) in [4.78, 5) is 18.2. The lowest BCUT2D eigenvalue weighted by molar-refractivity contribution is -0.130. The zero-order valence-electron chi connectivity index (χ0n) is 15.3. The van der Waals surface area contributed by atoms with Crippen LogP contribution in [-0.4, -0.2) is 42.2 Å². The van der Waals surface area contributed by atoms with Crippen LogP contribution in [0.15, 0.2) is 53.4 Å². The maximum Gasteiger partial charge on any atom is 0.235 e. The Balaban J connectivity index is 1.58. The summed E-state index contributed by atoms with van der Waals surface area (Å²) in [5.74, 6) is 0.177. The van der Waals surface area contributed by atoms with Crippen LogP contribution in [0.25, 0.3) is 0 Å². The van der Waals surface area contributed by atoms with Gasteiger partial charge in [0, 0.05) is 41.8 Å². The molecule has 1 aliphatic heterocycles. The molecule has 1 unspecified atom stereocenters. The van der Waals surface area contributed by atoms with Crippen LogP contribution >= 0.6 is 23.4 Å². The van der Waals surface area contributed by atoms with Crippen molar-refractivity contribution in [1.29, 1.82) is 5.26 Å². The predicted molar refractivity (Wildman–Crippen MR) is 111 cm³/mol. The van der Waals surface area contributed by atoms with Crippen molar-refractivity contribution in [2.75, 3.05) is 31.1 Å². The second-order valence-corrected chi connectivity index (χ2v) is 8.39. The number of nitriles is 1. The smallest absolute Gasteiger partial charge is 0.235 e. The number of halogens is 1. The Morgan fingerprint density at radius 2 is 1.78 bits per heavy atom. The number of rotatable bonds is 4. The largest absolute Gasteiger partial charge is 0.370 e. The number of thioether (sulfide) groups is 1. The van der Waals surface area contributed by atoms with E-state index in [-0.39, 0.29) is 11.2 Å². The average Bonchev–Trinajstić information content (AvgIpc) is 2.95. The molecule has 1 fully saturated rings. The average molecular weight is 400 g/mol. The minimum Gasteiger partial charge on any atom is -0.370 e. The molecular weight excluding hydrogens is 378 g/mol. The Labute approximate surface area is 169 Å². The highest BCUT2D eigenvalue weighted by molar-refractivity contribution is 8.00. The third kappa shape index (κ3) is 5.18. The monoisotopic (exact) mass is 399 g/mol. The maximum absolute atomic E-state index is 12.9. The topological polar surface area (TPSA) is 47.3 Å². The van der Waals surface area contributed by atoms with E-state index in [1.54, 1.807) is 11.8 Å². The fourth-order valence-corrected chi connectivity index (χ4v) is 4.24. The number of carbonyl (C=O) groups is 1. The molecule has 6 heteroatoms. The molecule has 1 saturated heterocycles. The summed E-state index contributed by atoms with van der Waals surface area (Å²) in [7, 11) is 0. The second kappa shape index (κ2) is 9.16. The first-order valence-corrected chi connectivity index (χ1v) is 10.3. The van der Waals surface area contributed by atoms with Crippen molar-refractivity contribution in [2.45, 2.75) is 23.5 Å². The van der Waals surface area contributed by atoms with Gasteiger partial charge in [-0.15, -0.1) is 11.8 Å². The van der Waals surface area contributed by atoms with E-state index in [1.807, 2.05) is 60.4 Å². The SMILES string of the molecule is CC(Sc1ccc(Cl)cc1)C(=O)N1CCCN(c2ccc(C#N)cc2)CC1. The predicted octanol–water partition coefficient (Wildman–Crippen LogP) is 4.43. The summed E-state index contributed by atoms with van der Waals surface area (Å²) in [5.41, 5.74) is 1.77. The lowest BCUT2D eigenvalue weighted by atomic mass is 10.2. The Hall–Kier alpha value is -2.16. The van der Waals surface area contributed by atoms with Gasteiger partial charge in [-0.05, 0) is 61.9 Å². The van der Waals surface area contributed by atoms with E-state index >= 15 is 0 Å². The third-order valence-electron chi connectivity index (χ3n) is 4.64. The van der Waals surface area contributed by atoms with Gasteiger partial charge < -0.3 is 9.80 Å². The lowest BCUT2D eigenvalue weighted by Gasteiger charge is -2.25. The summed E-state index contributed by atoms with van der Waals surface area (Å²) in [6.45, 7) is 5.16. The molecule has 0 spiro atoms. The quantitative estimate of drug-likeness (QED) is 0.713. The van der Waals surface area contributed by atoms with E-state index in [1.165, 1.54) is 0 Å². The Morgan fingerprint density at radius 3 is 2.44 bits per heavy atom. The summed E-state index contributed by atoms with van der Waals surface area (Å²) < 4.78 is 0. The summed E-state index contributed by atoms with van der Waals surface area (Å²) in [5, 5.41) is 9.51. The van der Waals surface area contributed by atoms with E-state index in [0.29, 0.717) is 17.1 Å². The second-order valence-electron chi connectivity index (χ2n) is 6.54. The van der Waals surface area contributed by atoms with Gasteiger partial charge in [0.25, 0.3) is 0 Å². The van der Waals surface area contributed by atoms with Gasteiger partial charge >= 0.3 is 0 Å². The first-order chi connectivity index (χ1) is 13.1. The number of hydrogen-bond acceptors (Lipinski definition) is 4. The van der Waals surface area contributed by atoms with Crippen LogP contribution in [-0.2, 0) is 4.79 Å². The Kier molecular flexibility index (Phi) is 6.65. The van der Waals surface area contributed by atoms with Crippen LogP contribution in [0.1, 0.15) is 18.9 Å². The molecule has 1 amide bonds. The first kappa shape index (κ1) is 19.6. The van der Waals surface area contributed by atoms with Crippen LogP contribution in [0.2, 0.25) is 5.02 Å². The van der Waals surface area contributed by atoms with Crippen LogP contribution in [0.3, 0.4) is 0 Å². The molecule has 0 saturated carbocycles. The van der Waals surface area contributed by atoms with Gasteiger partial charge in [0.05, 0.1) is 16.9 Å². The molecular formula is C21H22ClN3OS. The Morgan fingerprint density at radius 1 is 1.07 bits per heavy atom. The van der Waals surface area contributed by atoms with Gasteiger partial charge in [-0.1, -0.05) is 11.6 Å². The van der Waals surface area contributed by atoms with Crippen LogP contribution < -0.4 is 4.90 Å². The van der Waals surface area contributed by atoms with Crippen molar-refractivity contribution >= 4 is 35.0 Å². The highest BCUT2D eigenvalue weighted by Gasteiger charge is 2.24. The highest BCUT2D eigenvalue weighted by Crippen LogP contribution is 2.26. The standard InChI is InChI=1S/C21H22ClN3OS/c1-16(27-20-9-5-18(22)6-10-20)21(26)25-12-2-11-24(13-14-25)19-7-3-17(15-23)4-8-19/h3-10,16H,2,11-14H2,1H3. The van der Waals surface area contributed by atoms with Gasteiger partial charge in [-0.2, -0.15) is 5.26 Å². The van der Waals surface area contributed by atoms with Gasteiger partial charge in [0.1, 0.15) is 0 Å². The fraction of sp³-hybridized carbons (Fsp3) is 0.333. The van der Waals surface area contributed by atoms with Crippen molar-refractivity contribution in [3.05, 3.63) is 59.1 Å². The molecule has 0 aromatic heterocycles. The molecule has 27 heavy (non-hydrogen) atoms. The molecule has 0 N–H and O–H groups in total. The number of benzene rings is 2. The minimum absolute atomic E-state index is 0.132. The number of hydrogen-bond donors (Lipinski definition) is 0. The summed E-state index contributed by atoms with van der Waals surface area (Å²) in [6, 6.07) is 17.4. The molecule has 1 heterocycles. The minimum atomic E-state index is -0.132. The molecule has 0 bridgehead atoms. The van der Waals surface area contributed by atoms with Gasteiger partial charge in [-0.25, -0.2) is 0 Å². The molecule has 4 nitrogen and oxygen atoms in total. The van der Waals surface area contributed by atoms with E-state index in [2.05, 4.69) is 11.0 Å². The van der Waals surface area contributed by atoms with Crippen molar-refractivity contribution in [2.24, 2.45) is 0 Å². The zero-order valence-corrected chi connectivity index (χ0v) is 16.8. The molecule has 3 rings (SSSR count). The highest BCUT2D eigenvalue weighted by atomic mass is 35.5. The maximum atomic E-state index is 12.9. The number of amides is 1. The van der Waals surface area contributed by atoms with Gasteiger partial charge in [0.15, 0.2) is 0 Å². The molecule has 0 aliphatic carbocycles. The molecule has 140 valence electrons. The van der Waals surface area contributed by atoms with Gasteiger partial charge in [-0.3, -0.25) is 4.79 Å². The normalized spacial score (nSPS) is 15.7. The number of carbonyl (C=O) groups excluding carboxylic acids is 1. The van der Waals surface area contributed by atoms with Crippen molar-refractivity contribution < 1.29 is 4.79 Å². The van der Waals surface area contributed by atoms with Gasteiger partial charge in [0.2, 0.25) is 5.91 Å². The van der Waals surface area contributed by atoms with Crippen LogP contribution in [0.4, 0.5) is 5.69 Å². The van der Waals surface area contributed by atoms with E-state index in [0.717, 1.165) is 36.6 Å². The third-order valence-corrected chi connectivity index (χ3v) is 5.99. The fourth-order valence-electron chi connectivity index (χ4n) is 3.17. The van der Waals surface area contributed by atoms with E-state index in [9.17, 15) is 4.79 Å². The molecule has 1 atom stereocenters. The summed E-state index contributed by atoms with van der Waals surface area (Å²) in [6.07, 6.45) is 0.935. The van der Waals surface area contributed by atoms with Crippen LogP contribution in [0, 0.1) is 11.3 Å². The number of nitrogens with zero attached hydrogens (tertiary/aromatic N) is 3. The van der Waals surface area contributed by atoms with Crippen LogP contribution in [0.5, 0.6) is 0 Å². The summed E-state index contributed by atoms with van der Waals surface area (Å²) >= 11 is 7.49. The Bertz CT molecular complexity index is 817. The molecule has 0 radical (unpaired) electrons. The van der Waals surface area contributed by atoms with E-state index in [4.69, 9.17) is 16.9 Å². The molecule has 2 aromatic rings. The number of anilines is 1. The van der Waals surface area contributed by atoms with E-state index < -0.39 is 0 Å². The van der Waals surface area contributed by atoms with Crippen molar-refractivity contribution in [1.82, 2.24) is 4.90 Å². The zero-order chi connectivity index (χ0) is 19.2. The molecule has 2 aromatic carbocycles. The van der Waals surface area contributed by atoms with Crippen molar-refractivity contribution in [3.63, 3.8) is 0 Å².